The second-order valence-corrected chi connectivity index (χ2v) is 6.71. The number of rotatable bonds is 5. The average molecular weight is 466 g/mol. The van der Waals surface area contributed by atoms with Crippen molar-refractivity contribution in [3.05, 3.63) is 77.1 Å². The second-order valence-electron chi connectivity index (χ2n) is 6.30. The molecule has 0 saturated heterocycles. The number of alkyl halides is 3. The molecule has 2 aromatic carbocycles. The van der Waals surface area contributed by atoms with Gasteiger partial charge in [-0.1, -0.05) is 11.6 Å². The highest BCUT2D eigenvalue weighted by molar-refractivity contribution is 6.31. The van der Waals surface area contributed by atoms with Gasteiger partial charge in [-0.05, 0) is 48.5 Å². The molecule has 0 aliphatic rings. The minimum Gasteiger partial charge on any atom is -0.465 e. The zero-order chi connectivity index (χ0) is 23.3. The van der Waals surface area contributed by atoms with Crippen molar-refractivity contribution in [2.45, 2.75) is 6.18 Å². The largest absolute Gasteiger partial charge is 0.465 e. The van der Waals surface area contributed by atoms with Crippen LogP contribution in [0.25, 0.3) is 0 Å². The van der Waals surface area contributed by atoms with Crippen molar-refractivity contribution in [3.8, 4) is 11.5 Å². The molecule has 166 valence electrons. The smallest absolute Gasteiger partial charge is 0.417 e. The van der Waals surface area contributed by atoms with E-state index < -0.39 is 28.8 Å². The fourth-order valence-corrected chi connectivity index (χ4v) is 2.78. The first-order chi connectivity index (χ1) is 15.2. The molecule has 0 aliphatic carbocycles. The zero-order valence-corrected chi connectivity index (χ0v) is 17.1. The molecule has 1 heterocycles. The Bertz CT molecular complexity index is 1140. The molecule has 11 heteroatoms. The summed E-state index contributed by atoms with van der Waals surface area (Å²) in [6, 6.07) is 9.90. The highest BCUT2D eigenvalue weighted by Crippen LogP contribution is 2.36. The van der Waals surface area contributed by atoms with Crippen LogP contribution in [0.15, 0.2) is 60.9 Å². The molecule has 3 aromatic rings. The molecule has 3 rings (SSSR count). The number of halogens is 4. The van der Waals surface area contributed by atoms with Crippen LogP contribution in [0.2, 0.25) is 5.02 Å². The number of nitrogens with zero attached hydrogens (tertiary/aromatic N) is 1. The van der Waals surface area contributed by atoms with Gasteiger partial charge in [0.05, 0.1) is 29.5 Å². The van der Waals surface area contributed by atoms with Gasteiger partial charge >= 0.3 is 18.2 Å². The summed E-state index contributed by atoms with van der Waals surface area (Å²) in [4.78, 5) is 27.6. The van der Waals surface area contributed by atoms with Crippen molar-refractivity contribution in [1.82, 2.24) is 4.98 Å². The number of hydrogen-bond acceptors (Lipinski definition) is 5. The molecular weight excluding hydrogens is 451 g/mol. The Labute approximate surface area is 185 Å². The molecule has 0 spiro atoms. The van der Waals surface area contributed by atoms with Gasteiger partial charge in [0.25, 0.3) is 0 Å². The van der Waals surface area contributed by atoms with Gasteiger partial charge in [0.1, 0.15) is 11.5 Å². The first-order valence-corrected chi connectivity index (χ1v) is 9.29. The predicted octanol–water partition coefficient (Wildman–Crippen LogP) is 5.98. The summed E-state index contributed by atoms with van der Waals surface area (Å²) < 4.78 is 49.0. The van der Waals surface area contributed by atoms with Crippen molar-refractivity contribution in [1.29, 1.82) is 0 Å². The SMILES string of the molecule is COC(=O)c1cncc(Oc2ccc(NC(=O)Nc3ccc(Cl)c(C(F)(F)F)c3)cc2)c1. The summed E-state index contributed by atoms with van der Waals surface area (Å²) in [5.41, 5.74) is -0.543. The predicted molar refractivity (Wildman–Crippen MR) is 111 cm³/mol. The zero-order valence-electron chi connectivity index (χ0n) is 16.4. The third-order valence-electron chi connectivity index (χ3n) is 4.01. The van der Waals surface area contributed by atoms with E-state index in [4.69, 9.17) is 16.3 Å². The molecular formula is C21H15ClF3N3O4. The van der Waals surface area contributed by atoms with Crippen LogP contribution in [0.4, 0.5) is 29.3 Å². The lowest BCUT2D eigenvalue weighted by atomic mass is 10.2. The molecule has 32 heavy (non-hydrogen) atoms. The van der Waals surface area contributed by atoms with E-state index in [2.05, 4.69) is 20.4 Å². The number of carbonyl (C=O) groups is 2. The molecule has 0 unspecified atom stereocenters. The minimum atomic E-state index is -4.65. The highest BCUT2D eigenvalue weighted by Gasteiger charge is 2.33. The molecule has 0 aliphatic heterocycles. The van der Waals surface area contributed by atoms with Gasteiger partial charge in [-0.25, -0.2) is 9.59 Å². The molecule has 1 aromatic heterocycles. The monoisotopic (exact) mass is 465 g/mol. The van der Waals surface area contributed by atoms with E-state index in [0.29, 0.717) is 17.2 Å². The Morgan fingerprint density at radius 1 is 0.938 bits per heavy atom. The normalized spacial score (nSPS) is 10.9. The summed E-state index contributed by atoms with van der Waals surface area (Å²) in [7, 11) is 1.25. The van der Waals surface area contributed by atoms with E-state index in [1.165, 1.54) is 43.8 Å². The van der Waals surface area contributed by atoms with Crippen molar-refractivity contribution in [2.24, 2.45) is 0 Å². The number of pyridine rings is 1. The van der Waals surface area contributed by atoms with E-state index in [1.807, 2.05) is 0 Å². The number of anilines is 2. The summed E-state index contributed by atoms with van der Waals surface area (Å²) in [6.07, 6.45) is -1.90. The number of esters is 1. The van der Waals surface area contributed by atoms with Gasteiger partial charge in [0.2, 0.25) is 0 Å². The highest BCUT2D eigenvalue weighted by atomic mass is 35.5. The lowest BCUT2D eigenvalue weighted by Crippen LogP contribution is -2.19. The maximum atomic E-state index is 12.9. The average Bonchev–Trinajstić information content (AvgIpc) is 2.75. The summed E-state index contributed by atoms with van der Waals surface area (Å²) >= 11 is 5.56. The fraction of sp³-hybridized carbons (Fsp3) is 0.0952. The Kier molecular flexibility index (Phi) is 6.84. The number of amides is 2. The quantitative estimate of drug-likeness (QED) is 0.453. The molecule has 0 atom stereocenters. The lowest BCUT2D eigenvalue weighted by Gasteiger charge is -2.12. The maximum Gasteiger partial charge on any atom is 0.417 e. The van der Waals surface area contributed by atoms with Crippen LogP contribution < -0.4 is 15.4 Å². The molecule has 0 radical (unpaired) electrons. The molecule has 0 fully saturated rings. The van der Waals surface area contributed by atoms with Crippen LogP contribution in [0.5, 0.6) is 11.5 Å². The summed E-state index contributed by atoms with van der Waals surface area (Å²) in [6.45, 7) is 0. The summed E-state index contributed by atoms with van der Waals surface area (Å²) in [5, 5.41) is 4.34. The lowest BCUT2D eigenvalue weighted by molar-refractivity contribution is -0.137. The van der Waals surface area contributed by atoms with Crippen LogP contribution in [-0.4, -0.2) is 24.1 Å². The number of carbonyl (C=O) groups excluding carboxylic acids is 2. The van der Waals surface area contributed by atoms with E-state index in [1.54, 1.807) is 12.1 Å². The summed E-state index contributed by atoms with van der Waals surface area (Å²) in [5.74, 6) is 0.137. The fourth-order valence-electron chi connectivity index (χ4n) is 2.56. The van der Waals surface area contributed by atoms with Gasteiger partial charge < -0.3 is 20.1 Å². The van der Waals surface area contributed by atoms with E-state index in [9.17, 15) is 22.8 Å². The minimum absolute atomic E-state index is 0.0721. The van der Waals surface area contributed by atoms with Gasteiger partial charge in [0.15, 0.2) is 0 Å². The van der Waals surface area contributed by atoms with Crippen LogP contribution >= 0.6 is 11.6 Å². The van der Waals surface area contributed by atoms with E-state index >= 15 is 0 Å². The molecule has 0 bridgehead atoms. The van der Waals surface area contributed by atoms with Gasteiger partial charge in [-0.15, -0.1) is 0 Å². The number of nitrogens with one attached hydrogen (secondary N) is 2. The van der Waals surface area contributed by atoms with Crippen LogP contribution in [0.3, 0.4) is 0 Å². The van der Waals surface area contributed by atoms with E-state index in [-0.39, 0.29) is 11.3 Å². The van der Waals surface area contributed by atoms with Crippen molar-refractivity contribution < 1.29 is 32.2 Å². The Balaban J connectivity index is 1.62. The topological polar surface area (TPSA) is 89.6 Å². The van der Waals surface area contributed by atoms with Gasteiger partial charge in [-0.3, -0.25) is 4.98 Å². The van der Waals surface area contributed by atoms with Crippen LogP contribution in [-0.2, 0) is 10.9 Å². The van der Waals surface area contributed by atoms with Crippen LogP contribution in [0, 0.1) is 0 Å². The first kappa shape index (κ1) is 22.9. The number of aromatic nitrogens is 1. The third-order valence-corrected chi connectivity index (χ3v) is 4.34. The maximum absolute atomic E-state index is 12.9. The first-order valence-electron chi connectivity index (χ1n) is 8.92. The Morgan fingerprint density at radius 3 is 2.25 bits per heavy atom. The van der Waals surface area contributed by atoms with Gasteiger partial charge in [-0.2, -0.15) is 13.2 Å². The van der Waals surface area contributed by atoms with Crippen molar-refractivity contribution >= 4 is 35.0 Å². The Hall–Kier alpha value is -3.79. The molecule has 2 amide bonds. The molecule has 7 nitrogen and oxygen atoms in total. The number of ether oxygens (including phenoxy) is 2. The number of methoxy groups -OCH3 is 1. The van der Waals surface area contributed by atoms with E-state index in [0.717, 1.165) is 12.1 Å². The number of hydrogen-bond donors (Lipinski definition) is 2. The molecule has 0 saturated carbocycles. The van der Waals surface area contributed by atoms with Crippen molar-refractivity contribution in [3.63, 3.8) is 0 Å². The van der Waals surface area contributed by atoms with Crippen molar-refractivity contribution in [2.75, 3.05) is 17.7 Å². The Morgan fingerprint density at radius 2 is 1.59 bits per heavy atom. The number of benzene rings is 2. The second kappa shape index (κ2) is 9.56. The van der Waals surface area contributed by atoms with Gasteiger partial charge in [0, 0.05) is 17.6 Å². The number of urea groups is 1. The van der Waals surface area contributed by atoms with Crippen LogP contribution in [0.1, 0.15) is 15.9 Å². The standard InChI is InChI=1S/C21H15ClF3N3O4/c1-31-19(29)12-8-16(11-26-10-12)32-15-5-2-13(3-6-15)27-20(30)28-14-4-7-18(22)17(9-14)21(23,24)25/h2-11H,1H3,(H2,27,28,30). The molecule has 2 N–H and O–H groups in total. The third kappa shape index (κ3) is 5.88.